The fourth-order valence-electron chi connectivity index (χ4n) is 3.35. The first-order valence-corrected chi connectivity index (χ1v) is 7.77. The number of ketones is 1. The molecule has 4 atom stereocenters. The molecular weight excluding hydrogens is 336 g/mol. The van der Waals surface area contributed by atoms with Crippen molar-refractivity contribution in [1.82, 2.24) is 0 Å². The van der Waals surface area contributed by atoms with Gasteiger partial charge in [-0.15, -0.1) is 0 Å². The van der Waals surface area contributed by atoms with Crippen molar-refractivity contribution in [1.29, 1.82) is 0 Å². The molecule has 0 aromatic heterocycles. The fraction of sp³-hybridized carbons (Fsp3) is 0.471. The highest BCUT2D eigenvalue weighted by Gasteiger charge is 2.56. The molecule has 24 heavy (non-hydrogen) atoms. The zero-order valence-corrected chi connectivity index (χ0v) is 14.4. The van der Waals surface area contributed by atoms with Crippen LogP contribution in [0.3, 0.4) is 0 Å². The molecule has 2 rings (SSSR count). The average Bonchev–Trinajstić information content (AvgIpc) is 2.53. The Morgan fingerprint density at radius 1 is 1.17 bits per heavy atom. The lowest BCUT2D eigenvalue weighted by molar-refractivity contribution is -0.170. The number of carbonyl (C=O) groups is 3. The van der Waals surface area contributed by atoms with Crippen molar-refractivity contribution in [2.75, 3.05) is 14.2 Å². The van der Waals surface area contributed by atoms with Crippen molar-refractivity contribution in [2.24, 2.45) is 11.8 Å². The summed E-state index contributed by atoms with van der Waals surface area (Å²) < 4.78 is 9.56. The van der Waals surface area contributed by atoms with E-state index in [1.807, 2.05) is 0 Å². The molecule has 0 spiro atoms. The summed E-state index contributed by atoms with van der Waals surface area (Å²) >= 11 is 5.89. The largest absolute Gasteiger partial charge is 0.469 e. The quantitative estimate of drug-likeness (QED) is 0.656. The Morgan fingerprint density at radius 3 is 2.21 bits per heavy atom. The number of hydrogen-bond acceptors (Lipinski definition) is 6. The number of aliphatic hydroxyl groups is 1. The lowest BCUT2D eigenvalue weighted by atomic mass is 9.62. The maximum Gasteiger partial charge on any atom is 0.316 e. The molecule has 0 aliphatic heterocycles. The fourth-order valence-corrected chi connectivity index (χ4v) is 3.48. The van der Waals surface area contributed by atoms with Gasteiger partial charge in [0.2, 0.25) is 0 Å². The number of benzene rings is 1. The molecule has 0 heterocycles. The molecule has 0 bridgehead atoms. The van der Waals surface area contributed by atoms with E-state index in [4.69, 9.17) is 21.1 Å². The topological polar surface area (TPSA) is 89.9 Å². The first kappa shape index (κ1) is 18.4. The number of methoxy groups -OCH3 is 2. The minimum absolute atomic E-state index is 0.337. The first-order valence-electron chi connectivity index (χ1n) is 7.39. The summed E-state index contributed by atoms with van der Waals surface area (Å²) in [7, 11) is 2.37. The average molecular weight is 355 g/mol. The van der Waals surface area contributed by atoms with Crippen LogP contribution in [-0.4, -0.2) is 42.6 Å². The van der Waals surface area contributed by atoms with E-state index in [-0.39, 0.29) is 6.42 Å². The Morgan fingerprint density at radius 2 is 1.71 bits per heavy atom. The van der Waals surface area contributed by atoms with Gasteiger partial charge in [-0.1, -0.05) is 23.7 Å². The van der Waals surface area contributed by atoms with Crippen LogP contribution in [0.4, 0.5) is 0 Å². The van der Waals surface area contributed by atoms with E-state index < -0.39 is 41.1 Å². The maximum atomic E-state index is 12.5. The zero-order chi connectivity index (χ0) is 18.1. The summed E-state index contributed by atoms with van der Waals surface area (Å²) in [6.45, 7) is 1.39. The minimum Gasteiger partial charge on any atom is -0.469 e. The normalized spacial score (nSPS) is 29.9. The lowest BCUT2D eigenvalue weighted by Gasteiger charge is -2.43. The molecule has 0 amide bonds. The van der Waals surface area contributed by atoms with Crippen molar-refractivity contribution in [2.45, 2.75) is 24.9 Å². The van der Waals surface area contributed by atoms with E-state index >= 15 is 0 Å². The second kappa shape index (κ2) is 6.91. The van der Waals surface area contributed by atoms with Gasteiger partial charge in [0, 0.05) is 17.4 Å². The summed E-state index contributed by atoms with van der Waals surface area (Å²) in [5.74, 6) is -5.11. The van der Waals surface area contributed by atoms with Crippen LogP contribution in [-0.2, 0) is 23.9 Å². The van der Waals surface area contributed by atoms with Gasteiger partial charge in [-0.3, -0.25) is 14.4 Å². The highest BCUT2D eigenvalue weighted by atomic mass is 35.5. The van der Waals surface area contributed by atoms with Gasteiger partial charge in [0.15, 0.2) is 5.78 Å². The molecule has 1 aromatic rings. The Labute approximate surface area is 144 Å². The van der Waals surface area contributed by atoms with Gasteiger partial charge < -0.3 is 14.6 Å². The molecule has 1 N–H and O–H groups in total. The predicted octanol–water partition coefficient (Wildman–Crippen LogP) is 1.73. The second-order valence-electron chi connectivity index (χ2n) is 6.08. The molecule has 0 saturated heterocycles. The molecule has 1 aliphatic rings. The predicted molar refractivity (Wildman–Crippen MR) is 85.5 cm³/mol. The van der Waals surface area contributed by atoms with Crippen LogP contribution in [0.15, 0.2) is 24.3 Å². The van der Waals surface area contributed by atoms with Crippen molar-refractivity contribution in [3.05, 3.63) is 34.9 Å². The SMILES string of the molecule is COC(=O)[C@@H]1C(=O)C[C@](C)(O)[C@@H](C(=O)OC)[C@H]1c1ccc(Cl)cc1. The molecule has 1 fully saturated rings. The smallest absolute Gasteiger partial charge is 0.316 e. The van der Waals surface area contributed by atoms with Crippen LogP contribution in [0.25, 0.3) is 0 Å². The van der Waals surface area contributed by atoms with E-state index in [2.05, 4.69) is 0 Å². The van der Waals surface area contributed by atoms with Gasteiger partial charge >= 0.3 is 11.9 Å². The number of ether oxygens (including phenoxy) is 2. The monoisotopic (exact) mass is 354 g/mol. The van der Waals surface area contributed by atoms with Crippen LogP contribution in [0.2, 0.25) is 5.02 Å². The Hall–Kier alpha value is -1.92. The number of carbonyl (C=O) groups excluding carboxylic acids is 3. The van der Waals surface area contributed by atoms with E-state index in [0.29, 0.717) is 10.6 Å². The maximum absolute atomic E-state index is 12.5. The minimum atomic E-state index is -1.64. The second-order valence-corrected chi connectivity index (χ2v) is 6.52. The van der Waals surface area contributed by atoms with Gasteiger partial charge in [-0.2, -0.15) is 0 Å². The highest BCUT2D eigenvalue weighted by Crippen LogP contribution is 2.46. The van der Waals surface area contributed by atoms with E-state index in [1.54, 1.807) is 24.3 Å². The van der Waals surface area contributed by atoms with Crippen LogP contribution >= 0.6 is 11.6 Å². The van der Waals surface area contributed by atoms with Crippen LogP contribution in [0.5, 0.6) is 0 Å². The van der Waals surface area contributed by atoms with Crippen molar-refractivity contribution in [3.63, 3.8) is 0 Å². The summed E-state index contributed by atoms with van der Waals surface area (Å²) in [6.07, 6.45) is -0.337. The molecule has 7 heteroatoms. The standard InChI is InChI=1S/C17H19ClO6/c1-17(22)8-11(19)13(15(20)23-2)12(14(17)16(21)24-3)9-4-6-10(18)7-5-9/h4-7,12-14,22H,8H2,1-3H3/t12-,13+,14+,17-/m0/s1. The number of Topliss-reactive ketones (excluding diaryl/α,β-unsaturated/α-hetero) is 1. The summed E-state index contributed by atoms with van der Waals surface area (Å²) in [5.41, 5.74) is -1.11. The molecule has 130 valence electrons. The van der Waals surface area contributed by atoms with Crippen LogP contribution in [0.1, 0.15) is 24.8 Å². The van der Waals surface area contributed by atoms with Gasteiger partial charge in [0.25, 0.3) is 0 Å². The molecule has 6 nitrogen and oxygen atoms in total. The van der Waals surface area contributed by atoms with Gasteiger partial charge in [-0.25, -0.2) is 0 Å². The number of hydrogen-bond donors (Lipinski definition) is 1. The number of halogens is 1. The summed E-state index contributed by atoms with van der Waals surface area (Å²) in [6, 6.07) is 6.42. The summed E-state index contributed by atoms with van der Waals surface area (Å²) in [5, 5.41) is 11.1. The number of esters is 2. The van der Waals surface area contributed by atoms with Crippen molar-refractivity contribution < 1.29 is 29.0 Å². The van der Waals surface area contributed by atoms with E-state index in [0.717, 1.165) is 0 Å². The first-order chi connectivity index (χ1) is 11.2. The Balaban J connectivity index is 2.63. The Kier molecular flexibility index (Phi) is 5.30. The lowest BCUT2D eigenvalue weighted by Crippen LogP contribution is -2.55. The van der Waals surface area contributed by atoms with Gasteiger partial charge in [0.05, 0.1) is 25.7 Å². The molecule has 1 aromatic carbocycles. The Bertz CT molecular complexity index is 652. The van der Waals surface area contributed by atoms with Crippen LogP contribution in [0, 0.1) is 11.8 Å². The van der Waals surface area contributed by atoms with Gasteiger partial charge in [-0.05, 0) is 24.6 Å². The third-order valence-corrected chi connectivity index (χ3v) is 4.68. The van der Waals surface area contributed by atoms with Crippen molar-refractivity contribution in [3.8, 4) is 0 Å². The highest BCUT2D eigenvalue weighted by molar-refractivity contribution is 6.30. The number of rotatable bonds is 3. The molecule has 0 radical (unpaired) electrons. The zero-order valence-electron chi connectivity index (χ0n) is 13.6. The molecular formula is C17H19ClO6. The molecule has 0 unspecified atom stereocenters. The molecule has 1 aliphatic carbocycles. The summed E-state index contributed by atoms with van der Waals surface area (Å²) in [4.78, 5) is 37.0. The van der Waals surface area contributed by atoms with Gasteiger partial charge in [0.1, 0.15) is 5.92 Å². The van der Waals surface area contributed by atoms with E-state index in [1.165, 1.54) is 21.1 Å². The third kappa shape index (κ3) is 3.30. The van der Waals surface area contributed by atoms with Crippen molar-refractivity contribution >= 4 is 29.3 Å². The van der Waals surface area contributed by atoms with Crippen LogP contribution < -0.4 is 0 Å². The third-order valence-electron chi connectivity index (χ3n) is 4.43. The molecule has 1 saturated carbocycles. The van der Waals surface area contributed by atoms with E-state index in [9.17, 15) is 19.5 Å².